The van der Waals surface area contributed by atoms with Gasteiger partial charge in [0.1, 0.15) is 18.4 Å². The minimum Gasteiger partial charge on any atom is -0.492 e. The summed E-state index contributed by atoms with van der Waals surface area (Å²) < 4.78 is 5.76. The van der Waals surface area contributed by atoms with E-state index in [4.69, 9.17) is 16.3 Å². The highest BCUT2D eigenvalue weighted by Gasteiger charge is 2.25. The lowest BCUT2D eigenvalue weighted by Crippen LogP contribution is -2.53. The molecule has 0 unspecified atom stereocenters. The summed E-state index contributed by atoms with van der Waals surface area (Å²) in [6, 6.07) is 16.3. The highest BCUT2D eigenvalue weighted by atomic mass is 35.5. The number of benzene rings is 2. The lowest BCUT2D eigenvalue weighted by atomic mass is 10.1. The van der Waals surface area contributed by atoms with Gasteiger partial charge in [0.15, 0.2) is 0 Å². The topological polar surface area (TPSA) is 68.6 Å². The van der Waals surface area contributed by atoms with E-state index in [1.165, 1.54) is 0 Å². The quantitative estimate of drug-likeness (QED) is 0.756. The number of rotatable bonds is 7. The first-order chi connectivity index (χ1) is 14.1. The van der Waals surface area contributed by atoms with Crippen molar-refractivity contribution in [2.75, 3.05) is 44.6 Å². The Morgan fingerprint density at radius 3 is 2.55 bits per heavy atom. The van der Waals surface area contributed by atoms with E-state index < -0.39 is 0 Å². The van der Waals surface area contributed by atoms with Crippen molar-refractivity contribution in [3.05, 3.63) is 59.1 Å². The molecular formula is C22H25ClN4O2. The number of amides is 1. The van der Waals surface area contributed by atoms with Crippen molar-refractivity contribution in [1.82, 2.24) is 9.80 Å². The third-order valence-electron chi connectivity index (χ3n) is 5.13. The summed E-state index contributed by atoms with van der Waals surface area (Å²) in [6.07, 6.45) is 0. The van der Waals surface area contributed by atoms with Gasteiger partial charge < -0.3 is 10.1 Å². The molecule has 2 aromatic carbocycles. The maximum absolute atomic E-state index is 12.6. The standard InChI is InChI=1S/C22H25ClN4O2/c1-17(22(28)25-21-5-3-2-4-18(21)16-24)27-12-10-26(11-13-27)14-15-29-20-8-6-19(23)7-9-20/h2-9,17H,10-15H2,1H3,(H,25,28)/t17-/m1/s1. The van der Waals surface area contributed by atoms with Gasteiger partial charge in [0.25, 0.3) is 0 Å². The van der Waals surface area contributed by atoms with E-state index in [2.05, 4.69) is 21.2 Å². The number of hydrogen-bond donors (Lipinski definition) is 1. The average molecular weight is 413 g/mol. The molecule has 7 heteroatoms. The van der Waals surface area contributed by atoms with Crippen LogP contribution in [0, 0.1) is 11.3 Å². The van der Waals surface area contributed by atoms with Crippen molar-refractivity contribution >= 4 is 23.2 Å². The minimum atomic E-state index is -0.255. The van der Waals surface area contributed by atoms with Gasteiger partial charge in [-0.05, 0) is 43.3 Å². The van der Waals surface area contributed by atoms with Gasteiger partial charge in [-0.1, -0.05) is 23.7 Å². The normalized spacial score (nSPS) is 16.0. The van der Waals surface area contributed by atoms with Crippen molar-refractivity contribution in [3.63, 3.8) is 0 Å². The maximum atomic E-state index is 12.6. The zero-order valence-electron chi connectivity index (χ0n) is 16.5. The van der Waals surface area contributed by atoms with Crippen LogP contribution in [0.2, 0.25) is 5.02 Å². The SMILES string of the molecule is C[C@H](C(=O)Nc1ccccc1C#N)N1CCN(CCOc2ccc(Cl)cc2)CC1. The van der Waals surface area contributed by atoms with Crippen molar-refractivity contribution in [2.45, 2.75) is 13.0 Å². The maximum Gasteiger partial charge on any atom is 0.241 e. The summed E-state index contributed by atoms with van der Waals surface area (Å²) >= 11 is 5.88. The third kappa shape index (κ3) is 5.94. The lowest BCUT2D eigenvalue weighted by Gasteiger charge is -2.37. The van der Waals surface area contributed by atoms with Crippen molar-refractivity contribution in [3.8, 4) is 11.8 Å². The van der Waals surface area contributed by atoms with Crippen LogP contribution in [0.5, 0.6) is 5.75 Å². The number of nitriles is 1. The molecule has 1 aliphatic heterocycles. The van der Waals surface area contributed by atoms with E-state index in [1.807, 2.05) is 37.3 Å². The van der Waals surface area contributed by atoms with E-state index >= 15 is 0 Å². The van der Waals surface area contributed by atoms with E-state index in [1.54, 1.807) is 18.2 Å². The number of carbonyl (C=O) groups excluding carboxylic acids is 1. The van der Waals surface area contributed by atoms with E-state index in [-0.39, 0.29) is 11.9 Å². The van der Waals surface area contributed by atoms with Gasteiger partial charge in [0.05, 0.1) is 17.3 Å². The van der Waals surface area contributed by atoms with Crippen LogP contribution in [-0.4, -0.2) is 61.1 Å². The number of para-hydroxylation sites is 1. The average Bonchev–Trinajstić information content (AvgIpc) is 2.75. The van der Waals surface area contributed by atoms with E-state index in [9.17, 15) is 10.1 Å². The number of hydrogen-bond acceptors (Lipinski definition) is 5. The first kappa shape index (κ1) is 21.1. The summed E-state index contributed by atoms with van der Waals surface area (Å²) in [4.78, 5) is 17.1. The molecule has 1 aliphatic rings. The Morgan fingerprint density at radius 2 is 1.86 bits per heavy atom. The molecule has 6 nitrogen and oxygen atoms in total. The van der Waals surface area contributed by atoms with E-state index in [0.717, 1.165) is 38.5 Å². The molecule has 1 heterocycles. The lowest BCUT2D eigenvalue weighted by molar-refractivity contribution is -0.121. The molecule has 0 spiro atoms. The van der Waals surface area contributed by atoms with Crippen LogP contribution >= 0.6 is 11.6 Å². The summed E-state index contributed by atoms with van der Waals surface area (Å²) in [5, 5.41) is 12.7. The molecule has 1 amide bonds. The number of nitrogens with zero attached hydrogens (tertiary/aromatic N) is 3. The predicted octanol–water partition coefficient (Wildman–Crippen LogP) is 3.24. The van der Waals surface area contributed by atoms with E-state index in [0.29, 0.717) is 22.9 Å². The zero-order valence-corrected chi connectivity index (χ0v) is 17.2. The molecule has 0 aromatic heterocycles. The molecule has 0 saturated carbocycles. The molecule has 0 bridgehead atoms. The molecular weight excluding hydrogens is 388 g/mol. The molecule has 1 saturated heterocycles. The van der Waals surface area contributed by atoms with Crippen LogP contribution in [0.1, 0.15) is 12.5 Å². The number of anilines is 1. The molecule has 3 rings (SSSR count). The van der Waals surface area contributed by atoms with Crippen LogP contribution in [-0.2, 0) is 4.79 Å². The highest BCUT2D eigenvalue weighted by Crippen LogP contribution is 2.17. The number of carbonyl (C=O) groups is 1. The van der Waals surface area contributed by atoms with Crippen molar-refractivity contribution in [2.24, 2.45) is 0 Å². The summed E-state index contributed by atoms with van der Waals surface area (Å²) in [7, 11) is 0. The van der Waals surface area contributed by atoms with Gasteiger partial charge >= 0.3 is 0 Å². The molecule has 152 valence electrons. The molecule has 2 aromatic rings. The Labute approximate surface area is 176 Å². The largest absolute Gasteiger partial charge is 0.492 e. The Bertz CT molecular complexity index is 858. The highest BCUT2D eigenvalue weighted by molar-refractivity contribution is 6.30. The Balaban J connectivity index is 1.41. The monoisotopic (exact) mass is 412 g/mol. The van der Waals surface area contributed by atoms with Gasteiger partial charge in [-0.25, -0.2) is 0 Å². The number of piperazine rings is 1. The molecule has 1 atom stereocenters. The third-order valence-corrected chi connectivity index (χ3v) is 5.38. The van der Waals surface area contributed by atoms with Crippen LogP contribution in [0.15, 0.2) is 48.5 Å². The Hall–Kier alpha value is -2.59. The van der Waals surface area contributed by atoms with Gasteiger partial charge in [-0.3, -0.25) is 14.6 Å². The summed E-state index contributed by atoms with van der Waals surface area (Å²) in [6.45, 7) is 6.76. The van der Waals surface area contributed by atoms with Gasteiger partial charge in [-0.2, -0.15) is 5.26 Å². The van der Waals surface area contributed by atoms with Gasteiger partial charge in [-0.15, -0.1) is 0 Å². The van der Waals surface area contributed by atoms with Crippen LogP contribution in [0.25, 0.3) is 0 Å². The number of halogens is 1. The first-order valence-electron chi connectivity index (χ1n) is 9.71. The molecule has 29 heavy (non-hydrogen) atoms. The number of nitrogens with one attached hydrogen (secondary N) is 1. The Morgan fingerprint density at radius 1 is 1.17 bits per heavy atom. The van der Waals surface area contributed by atoms with Gasteiger partial charge in [0.2, 0.25) is 5.91 Å². The minimum absolute atomic E-state index is 0.0905. The van der Waals surface area contributed by atoms with Crippen molar-refractivity contribution in [1.29, 1.82) is 5.26 Å². The van der Waals surface area contributed by atoms with Crippen molar-refractivity contribution < 1.29 is 9.53 Å². The summed E-state index contributed by atoms with van der Waals surface area (Å²) in [5.41, 5.74) is 1.03. The molecule has 0 radical (unpaired) electrons. The zero-order chi connectivity index (χ0) is 20.6. The van der Waals surface area contributed by atoms with Crippen LogP contribution in [0.3, 0.4) is 0 Å². The smallest absolute Gasteiger partial charge is 0.241 e. The fraction of sp³-hybridized carbons (Fsp3) is 0.364. The first-order valence-corrected chi connectivity index (χ1v) is 10.1. The number of ether oxygens (including phenoxy) is 1. The fourth-order valence-electron chi connectivity index (χ4n) is 3.29. The molecule has 1 fully saturated rings. The van der Waals surface area contributed by atoms with Crippen LogP contribution < -0.4 is 10.1 Å². The molecule has 1 N–H and O–H groups in total. The second-order valence-electron chi connectivity index (χ2n) is 7.00. The fourth-order valence-corrected chi connectivity index (χ4v) is 3.42. The predicted molar refractivity (Wildman–Crippen MR) is 114 cm³/mol. The summed E-state index contributed by atoms with van der Waals surface area (Å²) in [5.74, 6) is 0.725. The van der Waals surface area contributed by atoms with Crippen LogP contribution in [0.4, 0.5) is 5.69 Å². The second kappa shape index (κ2) is 10.3. The second-order valence-corrected chi connectivity index (χ2v) is 7.44. The Kier molecular flexibility index (Phi) is 7.48. The molecule has 0 aliphatic carbocycles. The van der Waals surface area contributed by atoms with Gasteiger partial charge in [0, 0.05) is 37.7 Å².